The Balaban J connectivity index is 1.91. The lowest BCUT2D eigenvalue weighted by Gasteiger charge is -2.07. The highest BCUT2D eigenvalue weighted by atomic mass is 35.5. The number of nitrogens with one attached hydrogen (secondary N) is 1. The van der Waals surface area contributed by atoms with Crippen LogP contribution in [0.2, 0.25) is 5.02 Å². The molecule has 3 nitrogen and oxygen atoms in total. The lowest BCUT2D eigenvalue weighted by molar-refractivity contribution is -0.116. The van der Waals surface area contributed by atoms with Crippen molar-refractivity contribution in [2.75, 3.05) is 12.4 Å². The molecular formula is C16H16ClNO2. The molecule has 0 spiro atoms. The van der Waals surface area contributed by atoms with Gasteiger partial charge in [0.1, 0.15) is 5.75 Å². The van der Waals surface area contributed by atoms with Gasteiger partial charge in [-0.1, -0.05) is 35.9 Å². The van der Waals surface area contributed by atoms with E-state index < -0.39 is 0 Å². The van der Waals surface area contributed by atoms with Crippen LogP contribution in [-0.2, 0) is 11.2 Å². The van der Waals surface area contributed by atoms with E-state index in [9.17, 15) is 4.79 Å². The predicted molar refractivity (Wildman–Crippen MR) is 81.4 cm³/mol. The van der Waals surface area contributed by atoms with Crippen molar-refractivity contribution >= 4 is 23.2 Å². The number of halogens is 1. The van der Waals surface area contributed by atoms with E-state index in [1.807, 2.05) is 42.5 Å². The Hall–Kier alpha value is -2.00. The molecule has 2 aromatic carbocycles. The van der Waals surface area contributed by atoms with Crippen molar-refractivity contribution in [2.45, 2.75) is 12.8 Å². The molecule has 2 aromatic rings. The van der Waals surface area contributed by atoms with Crippen molar-refractivity contribution in [2.24, 2.45) is 0 Å². The van der Waals surface area contributed by atoms with E-state index in [0.717, 1.165) is 11.3 Å². The summed E-state index contributed by atoms with van der Waals surface area (Å²) in [6.45, 7) is 0. The average molecular weight is 290 g/mol. The molecule has 0 unspecified atom stereocenters. The summed E-state index contributed by atoms with van der Waals surface area (Å²) in [5, 5.41) is 3.54. The summed E-state index contributed by atoms with van der Waals surface area (Å²) in [6.07, 6.45) is 1.01. The number of anilines is 1. The first-order chi connectivity index (χ1) is 9.69. The third-order valence-electron chi connectivity index (χ3n) is 2.93. The molecule has 0 fully saturated rings. The third kappa shape index (κ3) is 4.00. The fraction of sp³-hybridized carbons (Fsp3) is 0.188. The summed E-state index contributed by atoms with van der Waals surface area (Å²) in [4.78, 5) is 11.9. The normalized spacial score (nSPS) is 10.1. The first-order valence-corrected chi connectivity index (χ1v) is 6.74. The number of carbonyl (C=O) groups excluding carboxylic acids is 1. The molecule has 4 heteroatoms. The number of ether oxygens (including phenoxy) is 1. The zero-order valence-electron chi connectivity index (χ0n) is 11.2. The van der Waals surface area contributed by atoms with E-state index in [4.69, 9.17) is 16.3 Å². The Morgan fingerprint density at radius 2 is 2.00 bits per heavy atom. The molecule has 20 heavy (non-hydrogen) atoms. The quantitative estimate of drug-likeness (QED) is 0.906. The van der Waals surface area contributed by atoms with Gasteiger partial charge >= 0.3 is 0 Å². The van der Waals surface area contributed by atoms with Crippen LogP contribution in [0, 0.1) is 0 Å². The Bertz CT molecular complexity index is 599. The van der Waals surface area contributed by atoms with Gasteiger partial charge in [-0.05, 0) is 30.2 Å². The predicted octanol–water partition coefficient (Wildman–Crippen LogP) is 3.92. The van der Waals surface area contributed by atoms with Crippen LogP contribution in [0.5, 0.6) is 5.75 Å². The lowest BCUT2D eigenvalue weighted by atomic mass is 10.1. The number of benzene rings is 2. The van der Waals surface area contributed by atoms with Gasteiger partial charge in [0.25, 0.3) is 0 Å². The molecule has 0 saturated carbocycles. The minimum Gasteiger partial charge on any atom is -0.497 e. The van der Waals surface area contributed by atoms with Crippen LogP contribution in [0.1, 0.15) is 12.0 Å². The number of aryl methyl sites for hydroxylation is 1. The van der Waals surface area contributed by atoms with Crippen molar-refractivity contribution < 1.29 is 9.53 Å². The number of hydrogen-bond donors (Lipinski definition) is 1. The molecule has 1 N–H and O–H groups in total. The van der Waals surface area contributed by atoms with Crippen molar-refractivity contribution in [1.82, 2.24) is 0 Å². The van der Waals surface area contributed by atoms with E-state index in [1.54, 1.807) is 13.2 Å². The molecule has 0 aromatic heterocycles. The molecule has 2 rings (SSSR count). The Kier molecular flexibility index (Phi) is 5.02. The number of amides is 1. The van der Waals surface area contributed by atoms with Crippen molar-refractivity contribution in [3.8, 4) is 5.75 Å². The summed E-state index contributed by atoms with van der Waals surface area (Å²) in [5.74, 6) is 0.673. The smallest absolute Gasteiger partial charge is 0.224 e. The maximum atomic E-state index is 11.9. The summed E-state index contributed by atoms with van der Waals surface area (Å²) in [6, 6.07) is 14.8. The Morgan fingerprint density at radius 1 is 1.20 bits per heavy atom. The summed E-state index contributed by atoms with van der Waals surface area (Å²) in [7, 11) is 1.60. The molecule has 0 radical (unpaired) electrons. The van der Waals surface area contributed by atoms with Crippen LogP contribution in [0.25, 0.3) is 0 Å². The second-order valence-corrected chi connectivity index (χ2v) is 4.78. The zero-order valence-corrected chi connectivity index (χ0v) is 12.0. The fourth-order valence-electron chi connectivity index (χ4n) is 1.87. The zero-order chi connectivity index (χ0) is 14.4. The lowest BCUT2D eigenvalue weighted by Crippen LogP contribution is -2.12. The molecular weight excluding hydrogens is 274 g/mol. The van der Waals surface area contributed by atoms with Gasteiger partial charge < -0.3 is 10.1 Å². The minimum atomic E-state index is -0.0434. The van der Waals surface area contributed by atoms with E-state index in [-0.39, 0.29) is 5.91 Å². The number of methoxy groups -OCH3 is 1. The van der Waals surface area contributed by atoms with Crippen LogP contribution in [-0.4, -0.2) is 13.0 Å². The highest BCUT2D eigenvalue weighted by Gasteiger charge is 2.06. The summed E-state index contributed by atoms with van der Waals surface area (Å²) in [5.41, 5.74) is 1.71. The van der Waals surface area contributed by atoms with E-state index in [2.05, 4.69) is 5.32 Å². The van der Waals surface area contributed by atoms with Gasteiger partial charge in [-0.3, -0.25) is 4.79 Å². The largest absolute Gasteiger partial charge is 0.497 e. The molecule has 1 amide bonds. The van der Waals surface area contributed by atoms with E-state index in [1.165, 1.54) is 0 Å². The maximum Gasteiger partial charge on any atom is 0.224 e. The average Bonchev–Trinajstić information content (AvgIpc) is 2.46. The van der Waals surface area contributed by atoms with E-state index >= 15 is 0 Å². The minimum absolute atomic E-state index is 0.0434. The second kappa shape index (κ2) is 6.96. The fourth-order valence-corrected chi connectivity index (χ4v) is 2.10. The standard InChI is InChI=1S/C16H16ClNO2/c1-20-14-7-4-6-13(11-14)18-16(19)10-9-12-5-2-3-8-15(12)17/h2-8,11H,9-10H2,1H3,(H,18,19). The van der Waals surface area contributed by atoms with Crippen LogP contribution in [0.3, 0.4) is 0 Å². The van der Waals surface area contributed by atoms with Gasteiger partial charge in [0.2, 0.25) is 5.91 Å². The van der Waals surface area contributed by atoms with Gasteiger partial charge in [0.05, 0.1) is 7.11 Å². The highest BCUT2D eigenvalue weighted by Crippen LogP contribution is 2.19. The van der Waals surface area contributed by atoms with Crippen molar-refractivity contribution in [1.29, 1.82) is 0 Å². The van der Waals surface area contributed by atoms with Gasteiger partial charge in [-0.15, -0.1) is 0 Å². The summed E-state index contributed by atoms with van der Waals surface area (Å²) < 4.78 is 5.11. The molecule has 0 atom stereocenters. The molecule has 0 heterocycles. The Labute approximate surface area is 123 Å². The van der Waals surface area contributed by atoms with E-state index in [0.29, 0.717) is 23.6 Å². The molecule has 0 bridgehead atoms. The molecule has 0 aliphatic carbocycles. The first-order valence-electron chi connectivity index (χ1n) is 6.36. The second-order valence-electron chi connectivity index (χ2n) is 4.37. The monoisotopic (exact) mass is 289 g/mol. The van der Waals surface area contributed by atoms with Crippen molar-refractivity contribution in [3.05, 3.63) is 59.1 Å². The number of rotatable bonds is 5. The molecule has 0 aliphatic rings. The SMILES string of the molecule is COc1cccc(NC(=O)CCc2ccccc2Cl)c1. The van der Waals surface area contributed by atoms with Gasteiger partial charge in [0, 0.05) is 23.2 Å². The van der Waals surface area contributed by atoms with Crippen molar-refractivity contribution in [3.63, 3.8) is 0 Å². The van der Waals surface area contributed by atoms with Crippen LogP contribution < -0.4 is 10.1 Å². The third-order valence-corrected chi connectivity index (χ3v) is 3.30. The first kappa shape index (κ1) is 14.4. The number of carbonyl (C=O) groups is 1. The Morgan fingerprint density at radius 3 is 2.75 bits per heavy atom. The highest BCUT2D eigenvalue weighted by molar-refractivity contribution is 6.31. The van der Waals surface area contributed by atoms with Crippen LogP contribution in [0.4, 0.5) is 5.69 Å². The van der Waals surface area contributed by atoms with Gasteiger partial charge in [-0.2, -0.15) is 0 Å². The van der Waals surface area contributed by atoms with Gasteiger partial charge in [0.15, 0.2) is 0 Å². The molecule has 0 saturated heterocycles. The van der Waals surface area contributed by atoms with Crippen LogP contribution in [0.15, 0.2) is 48.5 Å². The van der Waals surface area contributed by atoms with Gasteiger partial charge in [-0.25, -0.2) is 0 Å². The van der Waals surface area contributed by atoms with Crippen LogP contribution >= 0.6 is 11.6 Å². The topological polar surface area (TPSA) is 38.3 Å². The molecule has 0 aliphatic heterocycles. The molecule has 104 valence electrons. The number of hydrogen-bond acceptors (Lipinski definition) is 2. The maximum absolute atomic E-state index is 11.9. The summed E-state index contributed by atoms with van der Waals surface area (Å²) >= 11 is 6.06.